The molecule has 146 valence electrons. The highest BCUT2D eigenvalue weighted by Crippen LogP contribution is 2.43. The summed E-state index contributed by atoms with van der Waals surface area (Å²) in [5, 5.41) is 8.92. The van der Waals surface area contributed by atoms with E-state index in [4.69, 9.17) is 9.94 Å². The number of carbonyl (C=O) groups is 2. The van der Waals surface area contributed by atoms with Gasteiger partial charge in [-0.15, -0.1) is 0 Å². The number of carbonyl (C=O) groups excluding carboxylic acids is 2. The molecule has 2 aromatic rings. The van der Waals surface area contributed by atoms with Crippen LogP contribution < -0.4 is 10.2 Å². The number of nitrogens with zero attached hydrogens (tertiary/aromatic N) is 1. The number of ether oxygens (including phenoxy) is 1. The van der Waals surface area contributed by atoms with Crippen molar-refractivity contribution in [3.05, 3.63) is 65.2 Å². The lowest BCUT2D eigenvalue weighted by molar-refractivity contribution is -0.147. The monoisotopic (exact) mass is 380 g/mol. The number of fused-ring (bicyclic) bond motifs is 1. The van der Waals surface area contributed by atoms with Gasteiger partial charge in [0.1, 0.15) is 11.9 Å². The number of nitrogens with one attached hydrogen (secondary N) is 1. The molecular formula is C22H24N2O4. The van der Waals surface area contributed by atoms with Gasteiger partial charge in [-0.2, -0.15) is 0 Å². The van der Waals surface area contributed by atoms with Crippen molar-refractivity contribution in [3.63, 3.8) is 0 Å². The maximum Gasteiger partial charge on any atom is 0.274 e. The smallest absolute Gasteiger partial charge is 0.274 e. The van der Waals surface area contributed by atoms with Crippen molar-refractivity contribution in [2.45, 2.75) is 38.8 Å². The molecule has 0 radical (unpaired) electrons. The number of amides is 2. The Labute approximate surface area is 164 Å². The zero-order chi connectivity index (χ0) is 19.7. The van der Waals surface area contributed by atoms with E-state index in [1.54, 1.807) is 23.7 Å². The molecule has 0 spiro atoms. The fraction of sp³-hybridized carbons (Fsp3) is 0.364. The van der Waals surface area contributed by atoms with Crippen LogP contribution in [0.2, 0.25) is 0 Å². The molecule has 2 N–H and O–H groups in total. The van der Waals surface area contributed by atoms with Gasteiger partial charge in [-0.3, -0.25) is 14.8 Å². The molecule has 6 heteroatoms. The molecule has 0 unspecified atom stereocenters. The van der Waals surface area contributed by atoms with Crippen LogP contribution in [0.1, 0.15) is 53.8 Å². The predicted molar refractivity (Wildman–Crippen MR) is 103 cm³/mol. The topological polar surface area (TPSA) is 78.9 Å². The fourth-order valence-electron chi connectivity index (χ4n) is 3.96. The fourth-order valence-corrected chi connectivity index (χ4v) is 3.96. The molecule has 1 fully saturated rings. The SMILES string of the molecule is CC1(C(=O)N2Cc3ccc(C(=O)NO)cc3O[C@H](c3ccccc3)C2)CCC1. The molecule has 2 aliphatic rings. The van der Waals surface area contributed by atoms with Crippen molar-refractivity contribution in [2.75, 3.05) is 6.54 Å². The molecule has 6 nitrogen and oxygen atoms in total. The summed E-state index contributed by atoms with van der Waals surface area (Å²) in [6.07, 6.45) is 2.59. The van der Waals surface area contributed by atoms with E-state index in [1.807, 2.05) is 42.2 Å². The maximum absolute atomic E-state index is 13.2. The van der Waals surface area contributed by atoms with Crippen LogP contribution in [0, 0.1) is 5.41 Å². The normalized spacial score (nSPS) is 20.2. The summed E-state index contributed by atoms with van der Waals surface area (Å²) in [4.78, 5) is 26.9. The summed E-state index contributed by atoms with van der Waals surface area (Å²) in [6, 6.07) is 14.8. The van der Waals surface area contributed by atoms with Crippen LogP contribution in [0.4, 0.5) is 0 Å². The molecule has 0 saturated heterocycles. The first-order valence-corrected chi connectivity index (χ1v) is 9.58. The van der Waals surface area contributed by atoms with E-state index < -0.39 is 5.91 Å². The highest BCUT2D eigenvalue weighted by Gasteiger charge is 2.43. The van der Waals surface area contributed by atoms with Crippen LogP contribution in [-0.2, 0) is 11.3 Å². The first-order valence-electron chi connectivity index (χ1n) is 9.58. The third kappa shape index (κ3) is 3.36. The lowest BCUT2D eigenvalue weighted by Gasteiger charge is -2.41. The third-order valence-electron chi connectivity index (χ3n) is 5.88. The summed E-state index contributed by atoms with van der Waals surface area (Å²) in [5.41, 5.74) is 3.49. The summed E-state index contributed by atoms with van der Waals surface area (Å²) >= 11 is 0. The van der Waals surface area contributed by atoms with E-state index in [2.05, 4.69) is 0 Å². The Morgan fingerprint density at radius 1 is 1.18 bits per heavy atom. The van der Waals surface area contributed by atoms with Crippen molar-refractivity contribution >= 4 is 11.8 Å². The summed E-state index contributed by atoms with van der Waals surface area (Å²) in [5.74, 6) is 0.124. The summed E-state index contributed by atoms with van der Waals surface area (Å²) < 4.78 is 6.27. The van der Waals surface area contributed by atoms with E-state index >= 15 is 0 Å². The van der Waals surface area contributed by atoms with Gasteiger partial charge in [0.25, 0.3) is 5.91 Å². The molecule has 1 aliphatic heterocycles. The van der Waals surface area contributed by atoms with Crippen LogP contribution in [0.15, 0.2) is 48.5 Å². The maximum atomic E-state index is 13.2. The number of hydrogen-bond acceptors (Lipinski definition) is 4. The van der Waals surface area contributed by atoms with Crippen LogP contribution in [0.3, 0.4) is 0 Å². The second-order valence-electron chi connectivity index (χ2n) is 7.88. The first-order chi connectivity index (χ1) is 13.5. The second-order valence-corrected chi connectivity index (χ2v) is 7.88. The van der Waals surface area contributed by atoms with Gasteiger partial charge < -0.3 is 9.64 Å². The molecule has 1 heterocycles. The van der Waals surface area contributed by atoms with Gasteiger partial charge in [-0.1, -0.05) is 49.7 Å². The second kappa shape index (κ2) is 7.28. The van der Waals surface area contributed by atoms with E-state index in [9.17, 15) is 9.59 Å². The van der Waals surface area contributed by atoms with Gasteiger partial charge in [-0.25, -0.2) is 5.48 Å². The lowest BCUT2D eigenvalue weighted by atomic mass is 9.69. The summed E-state index contributed by atoms with van der Waals surface area (Å²) in [6.45, 7) is 2.93. The van der Waals surface area contributed by atoms with E-state index in [0.29, 0.717) is 24.4 Å². The van der Waals surface area contributed by atoms with Crippen LogP contribution in [0.25, 0.3) is 0 Å². The standard InChI is InChI=1S/C22H24N2O4/c1-22(10-5-11-22)21(26)24-13-17-9-8-16(20(25)23-27)12-18(17)28-19(14-24)15-6-3-2-4-7-15/h2-4,6-9,12,19,27H,5,10-11,13-14H2,1H3,(H,23,25)/t19-/m0/s1. The number of rotatable bonds is 3. The zero-order valence-corrected chi connectivity index (χ0v) is 15.9. The first kappa shape index (κ1) is 18.5. The number of hydrogen-bond donors (Lipinski definition) is 2. The molecule has 0 aromatic heterocycles. The van der Waals surface area contributed by atoms with Crippen LogP contribution in [0.5, 0.6) is 5.75 Å². The predicted octanol–water partition coefficient (Wildman–Crippen LogP) is 3.46. The molecular weight excluding hydrogens is 356 g/mol. The van der Waals surface area contributed by atoms with Crippen molar-refractivity contribution in [1.82, 2.24) is 10.4 Å². The van der Waals surface area contributed by atoms with Gasteiger partial charge >= 0.3 is 0 Å². The van der Waals surface area contributed by atoms with Crippen LogP contribution >= 0.6 is 0 Å². The van der Waals surface area contributed by atoms with Crippen LogP contribution in [-0.4, -0.2) is 28.5 Å². The minimum atomic E-state index is -0.596. The van der Waals surface area contributed by atoms with E-state index in [1.165, 1.54) is 0 Å². The van der Waals surface area contributed by atoms with Gasteiger partial charge in [0.15, 0.2) is 0 Å². The Hall–Kier alpha value is -2.86. The molecule has 4 rings (SSSR count). The third-order valence-corrected chi connectivity index (χ3v) is 5.88. The van der Waals surface area contributed by atoms with Crippen molar-refractivity contribution in [1.29, 1.82) is 0 Å². The molecule has 0 bridgehead atoms. The average molecular weight is 380 g/mol. The Balaban J connectivity index is 1.71. The van der Waals surface area contributed by atoms with E-state index in [-0.39, 0.29) is 17.4 Å². The van der Waals surface area contributed by atoms with Gasteiger partial charge in [0.05, 0.1) is 6.54 Å². The summed E-state index contributed by atoms with van der Waals surface area (Å²) in [7, 11) is 0. The Kier molecular flexibility index (Phi) is 4.81. The molecule has 1 aliphatic carbocycles. The number of hydroxylamine groups is 1. The van der Waals surface area contributed by atoms with Crippen molar-refractivity contribution in [2.24, 2.45) is 5.41 Å². The quantitative estimate of drug-likeness (QED) is 0.631. The van der Waals surface area contributed by atoms with Gasteiger partial charge in [-0.05, 0) is 30.5 Å². The minimum absolute atomic E-state index is 0.160. The Morgan fingerprint density at radius 3 is 2.57 bits per heavy atom. The minimum Gasteiger partial charge on any atom is -0.483 e. The molecule has 2 aromatic carbocycles. The van der Waals surface area contributed by atoms with Gasteiger partial charge in [0, 0.05) is 23.1 Å². The molecule has 28 heavy (non-hydrogen) atoms. The van der Waals surface area contributed by atoms with Gasteiger partial charge in [0.2, 0.25) is 5.91 Å². The van der Waals surface area contributed by atoms with Crippen molar-refractivity contribution < 1.29 is 19.5 Å². The highest BCUT2D eigenvalue weighted by atomic mass is 16.5. The molecule has 2 amide bonds. The lowest BCUT2D eigenvalue weighted by Crippen LogP contribution is -2.46. The van der Waals surface area contributed by atoms with Crippen molar-refractivity contribution in [3.8, 4) is 5.75 Å². The Morgan fingerprint density at radius 2 is 1.93 bits per heavy atom. The Bertz CT molecular complexity index is 893. The molecule has 1 saturated carbocycles. The number of benzene rings is 2. The zero-order valence-electron chi connectivity index (χ0n) is 15.9. The largest absolute Gasteiger partial charge is 0.483 e. The molecule has 1 atom stereocenters. The highest BCUT2D eigenvalue weighted by molar-refractivity contribution is 5.94. The van der Waals surface area contributed by atoms with E-state index in [0.717, 1.165) is 30.4 Å². The average Bonchev–Trinajstić information content (AvgIpc) is 2.90.